The van der Waals surface area contributed by atoms with Crippen LogP contribution in [0.1, 0.15) is 22.7 Å². The van der Waals surface area contributed by atoms with Gasteiger partial charge in [0.2, 0.25) is 0 Å². The third kappa shape index (κ3) is 2.35. The predicted molar refractivity (Wildman–Crippen MR) is 73.0 cm³/mol. The van der Waals surface area contributed by atoms with Crippen molar-refractivity contribution in [3.63, 3.8) is 0 Å². The number of hydrogen-bond acceptors (Lipinski definition) is 3. The van der Waals surface area contributed by atoms with Crippen LogP contribution in [0.25, 0.3) is 0 Å². The van der Waals surface area contributed by atoms with E-state index >= 15 is 0 Å². The molecule has 0 aliphatic rings. The summed E-state index contributed by atoms with van der Waals surface area (Å²) in [5, 5.41) is 7.74. The first-order valence-electron chi connectivity index (χ1n) is 5.60. The zero-order chi connectivity index (χ0) is 12.3. The number of aryl methyl sites for hydroxylation is 1. The lowest BCUT2D eigenvalue weighted by Gasteiger charge is -2.19. The van der Waals surface area contributed by atoms with Crippen molar-refractivity contribution < 1.29 is 4.74 Å². The highest BCUT2D eigenvalue weighted by molar-refractivity contribution is 7.08. The van der Waals surface area contributed by atoms with Crippen molar-refractivity contribution in [3.05, 3.63) is 51.7 Å². The van der Waals surface area contributed by atoms with Crippen molar-refractivity contribution in [3.8, 4) is 5.75 Å². The van der Waals surface area contributed by atoms with Gasteiger partial charge >= 0.3 is 0 Å². The second-order valence-corrected chi connectivity index (χ2v) is 4.72. The number of benzene rings is 1. The van der Waals surface area contributed by atoms with E-state index < -0.39 is 0 Å². The van der Waals surface area contributed by atoms with Crippen molar-refractivity contribution in [1.29, 1.82) is 0 Å². The van der Waals surface area contributed by atoms with Crippen molar-refractivity contribution in [2.45, 2.75) is 13.0 Å². The summed E-state index contributed by atoms with van der Waals surface area (Å²) in [4.78, 5) is 0. The molecule has 2 rings (SSSR count). The Hall–Kier alpha value is -1.32. The van der Waals surface area contributed by atoms with Gasteiger partial charge in [0, 0.05) is 5.56 Å². The summed E-state index contributed by atoms with van der Waals surface area (Å²) in [6, 6.07) is 8.34. The van der Waals surface area contributed by atoms with Gasteiger partial charge in [-0.3, -0.25) is 0 Å². The van der Waals surface area contributed by atoms with E-state index in [4.69, 9.17) is 4.74 Å². The van der Waals surface area contributed by atoms with Crippen LogP contribution in [0.5, 0.6) is 5.75 Å². The van der Waals surface area contributed by atoms with E-state index in [0.29, 0.717) is 0 Å². The summed E-state index contributed by atoms with van der Waals surface area (Å²) in [6.45, 7) is 2.14. The molecule has 2 nitrogen and oxygen atoms in total. The molecule has 0 aliphatic carbocycles. The molecule has 1 heterocycles. The van der Waals surface area contributed by atoms with Gasteiger partial charge in [-0.05, 0) is 41.9 Å². The van der Waals surface area contributed by atoms with Crippen molar-refractivity contribution >= 4 is 11.3 Å². The highest BCUT2D eigenvalue weighted by Gasteiger charge is 2.18. The highest BCUT2D eigenvalue weighted by atomic mass is 32.1. The summed E-state index contributed by atoms with van der Waals surface area (Å²) in [5.41, 5.74) is 3.82. The fraction of sp³-hybridized carbons (Fsp3) is 0.286. The van der Waals surface area contributed by atoms with Gasteiger partial charge in [0.15, 0.2) is 0 Å². The smallest absolute Gasteiger partial charge is 0.123 e. The molecule has 1 aromatic heterocycles. The second kappa shape index (κ2) is 5.34. The molecule has 0 saturated carbocycles. The normalized spacial score (nSPS) is 12.4. The maximum atomic E-state index is 5.43. The Balaban J connectivity index is 2.46. The third-order valence-electron chi connectivity index (χ3n) is 2.94. The Bertz CT molecular complexity index is 492. The predicted octanol–water partition coefficient (Wildman–Crippen LogP) is 3.37. The molecule has 0 aliphatic heterocycles. The van der Waals surface area contributed by atoms with Gasteiger partial charge in [-0.1, -0.05) is 18.2 Å². The van der Waals surface area contributed by atoms with Crippen LogP contribution in [0, 0.1) is 6.92 Å². The summed E-state index contributed by atoms with van der Waals surface area (Å²) in [7, 11) is 3.69. The van der Waals surface area contributed by atoms with Gasteiger partial charge in [0.1, 0.15) is 5.75 Å². The van der Waals surface area contributed by atoms with Gasteiger partial charge in [-0.25, -0.2) is 0 Å². The van der Waals surface area contributed by atoms with Gasteiger partial charge in [-0.2, -0.15) is 11.3 Å². The van der Waals surface area contributed by atoms with Gasteiger partial charge < -0.3 is 10.1 Å². The molecule has 1 unspecified atom stereocenters. The standard InChI is InChI=1S/C14H17NOS/c1-10-8-17-9-12(10)14(15-2)11-6-4-5-7-13(11)16-3/h4-9,14-15H,1-3H3. The summed E-state index contributed by atoms with van der Waals surface area (Å²) < 4.78 is 5.43. The molecule has 1 N–H and O–H groups in total. The summed E-state index contributed by atoms with van der Waals surface area (Å²) in [6.07, 6.45) is 0. The minimum atomic E-state index is 0.192. The van der Waals surface area contributed by atoms with Gasteiger partial charge in [0.25, 0.3) is 0 Å². The van der Waals surface area contributed by atoms with E-state index in [2.05, 4.69) is 29.1 Å². The molecule has 1 aromatic carbocycles. The summed E-state index contributed by atoms with van der Waals surface area (Å²) in [5.74, 6) is 0.928. The first-order chi connectivity index (χ1) is 8.27. The van der Waals surface area contributed by atoms with Crippen LogP contribution < -0.4 is 10.1 Å². The molecule has 3 heteroatoms. The van der Waals surface area contributed by atoms with Crippen LogP contribution >= 0.6 is 11.3 Å². The second-order valence-electron chi connectivity index (χ2n) is 3.97. The Morgan fingerprint density at radius 2 is 1.94 bits per heavy atom. The molecule has 0 fully saturated rings. The monoisotopic (exact) mass is 247 g/mol. The lowest BCUT2D eigenvalue weighted by atomic mass is 9.98. The fourth-order valence-electron chi connectivity index (χ4n) is 2.05. The number of nitrogens with one attached hydrogen (secondary N) is 1. The van der Waals surface area contributed by atoms with E-state index in [9.17, 15) is 0 Å². The first-order valence-corrected chi connectivity index (χ1v) is 6.55. The molecule has 2 aromatic rings. The van der Waals surface area contributed by atoms with Crippen LogP contribution in [0.15, 0.2) is 35.0 Å². The maximum Gasteiger partial charge on any atom is 0.123 e. The van der Waals surface area contributed by atoms with E-state index in [-0.39, 0.29) is 6.04 Å². The topological polar surface area (TPSA) is 21.3 Å². The van der Waals surface area contributed by atoms with Gasteiger partial charge in [0.05, 0.1) is 13.2 Å². The average Bonchev–Trinajstić information content (AvgIpc) is 2.78. The Kier molecular flexibility index (Phi) is 3.82. The summed E-state index contributed by atoms with van der Waals surface area (Å²) >= 11 is 1.74. The number of para-hydroxylation sites is 1. The lowest BCUT2D eigenvalue weighted by molar-refractivity contribution is 0.405. The van der Waals surface area contributed by atoms with E-state index in [1.165, 1.54) is 16.7 Å². The molecule has 0 amide bonds. The van der Waals surface area contributed by atoms with Crippen LogP contribution in [-0.4, -0.2) is 14.2 Å². The number of hydrogen-bond donors (Lipinski definition) is 1. The van der Waals surface area contributed by atoms with E-state index in [0.717, 1.165) is 5.75 Å². The molecule has 0 bridgehead atoms. The lowest BCUT2D eigenvalue weighted by Crippen LogP contribution is -2.18. The van der Waals surface area contributed by atoms with Crippen LogP contribution in [0.2, 0.25) is 0 Å². The maximum absolute atomic E-state index is 5.43. The van der Waals surface area contributed by atoms with Crippen molar-refractivity contribution in [1.82, 2.24) is 5.32 Å². The SMILES string of the molecule is CNC(c1cscc1C)c1ccccc1OC. The average molecular weight is 247 g/mol. The molecule has 1 atom stereocenters. The van der Waals surface area contributed by atoms with E-state index in [1.54, 1.807) is 18.4 Å². The Labute approximate surface area is 106 Å². The van der Waals surface area contributed by atoms with E-state index in [1.807, 2.05) is 25.2 Å². The molecule has 90 valence electrons. The molecule has 17 heavy (non-hydrogen) atoms. The zero-order valence-electron chi connectivity index (χ0n) is 10.4. The van der Waals surface area contributed by atoms with Crippen molar-refractivity contribution in [2.24, 2.45) is 0 Å². The number of rotatable bonds is 4. The van der Waals surface area contributed by atoms with Crippen molar-refractivity contribution in [2.75, 3.05) is 14.2 Å². The minimum absolute atomic E-state index is 0.192. The Morgan fingerprint density at radius 1 is 1.18 bits per heavy atom. The van der Waals surface area contributed by atoms with Crippen LogP contribution in [0.3, 0.4) is 0 Å². The number of methoxy groups -OCH3 is 1. The third-order valence-corrected chi connectivity index (χ3v) is 3.82. The fourth-order valence-corrected chi connectivity index (χ4v) is 2.93. The molecule has 0 saturated heterocycles. The quantitative estimate of drug-likeness (QED) is 0.894. The van der Waals surface area contributed by atoms with Gasteiger partial charge in [-0.15, -0.1) is 0 Å². The van der Waals surface area contributed by atoms with Crippen LogP contribution in [-0.2, 0) is 0 Å². The van der Waals surface area contributed by atoms with Crippen LogP contribution in [0.4, 0.5) is 0 Å². The largest absolute Gasteiger partial charge is 0.496 e. The number of thiophene rings is 1. The highest BCUT2D eigenvalue weighted by Crippen LogP contribution is 2.32. The number of ether oxygens (including phenoxy) is 1. The Morgan fingerprint density at radius 3 is 2.53 bits per heavy atom. The molecular weight excluding hydrogens is 230 g/mol. The minimum Gasteiger partial charge on any atom is -0.496 e. The molecule has 0 radical (unpaired) electrons. The molecular formula is C14H17NOS. The molecule has 0 spiro atoms. The zero-order valence-corrected chi connectivity index (χ0v) is 11.2. The first kappa shape index (κ1) is 12.1.